The third-order valence-electron chi connectivity index (χ3n) is 3.47. The van der Waals surface area contributed by atoms with Gasteiger partial charge >= 0.3 is 12.0 Å². The summed E-state index contributed by atoms with van der Waals surface area (Å²) in [7, 11) is 1.19. The van der Waals surface area contributed by atoms with Crippen LogP contribution in [0.3, 0.4) is 0 Å². The lowest BCUT2D eigenvalue weighted by atomic mass is 10.1. The Morgan fingerprint density at radius 2 is 2.07 bits per heavy atom. The van der Waals surface area contributed by atoms with Gasteiger partial charge in [-0.25, -0.2) is 9.69 Å². The zero-order valence-corrected chi connectivity index (χ0v) is 17.1. The quantitative estimate of drug-likeness (QED) is 0.199. The van der Waals surface area contributed by atoms with E-state index in [0.29, 0.717) is 30.3 Å². The van der Waals surface area contributed by atoms with E-state index in [0.717, 1.165) is 8.47 Å². The van der Waals surface area contributed by atoms with Gasteiger partial charge in [0, 0.05) is 0 Å². The minimum atomic E-state index is -0.684. The topological polar surface area (TPSA) is 94.2 Å². The summed E-state index contributed by atoms with van der Waals surface area (Å²) in [6, 6.07) is 2.82. The van der Waals surface area contributed by atoms with Gasteiger partial charge in [-0.3, -0.25) is 9.59 Å². The molecule has 0 aliphatic carbocycles. The molecule has 9 heteroatoms. The maximum Gasteiger partial charge on any atom is 0.329 e. The maximum atomic E-state index is 12.4. The van der Waals surface area contributed by atoms with Gasteiger partial charge in [0.2, 0.25) is 0 Å². The second kappa shape index (κ2) is 9.40. The van der Waals surface area contributed by atoms with Crippen molar-refractivity contribution in [2.75, 3.05) is 26.9 Å². The van der Waals surface area contributed by atoms with E-state index >= 15 is 0 Å². The molecule has 0 bridgehead atoms. The number of ether oxygens (including phenoxy) is 3. The van der Waals surface area contributed by atoms with E-state index in [9.17, 15) is 14.4 Å². The van der Waals surface area contributed by atoms with Crippen molar-refractivity contribution >= 4 is 46.6 Å². The minimum Gasteiger partial charge on any atom is -0.490 e. The van der Waals surface area contributed by atoms with Gasteiger partial charge in [-0.2, -0.15) is 0 Å². The van der Waals surface area contributed by atoms with Gasteiger partial charge in [-0.15, -0.1) is 0 Å². The normalized spacial score (nSPS) is 14.9. The van der Waals surface area contributed by atoms with Crippen molar-refractivity contribution < 1.29 is 28.6 Å². The fourth-order valence-electron chi connectivity index (χ4n) is 2.29. The molecule has 0 unspecified atom stereocenters. The number of halogens is 1. The van der Waals surface area contributed by atoms with E-state index in [4.69, 9.17) is 9.47 Å². The van der Waals surface area contributed by atoms with Gasteiger partial charge in [0.1, 0.15) is 18.8 Å². The van der Waals surface area contributed by atoms with Crippen LogP contribution in [0.15, 0.2) is 30.5 Å². The first-order valence-corrected chi connectivity index (χ1v) is 9.10. The molecule has 1 saturated heterocycles. The summed E-state index contributed by atoms with van der Waals surface area (Å²) < 4.78 is 16.5. The van der Waals surface area contributed by atoms with Gasteiger partial charge in [-0.05, 0) is 53.3 Å². The van der Waals surface area contributed by atoms with Crippen LogP contribution >= 0.6 is 22.6 Å². The number of methoxy groups -OCH3 is 1. The summed E-state index contributed by atoms with van der Waals surface area (Å²) in [5, 5.41) is 2.45. The maximum absolute atomic E-state index is 12.4. The number of benzene rings is 1. The summed E-state index contributed by atoms with van der Waals surface area (Å²) in [6.07, 6.45) is 3.14. The highest BCUT2D eigenvalue weighted by molar-refractivity contribution is 14.1. The monoisotopic (exact) mass is 486 g/mol. The number of carbonyl (C=O) groups is 3. The van der Waals surface area contributed by atoms with Gasteiger partial charge in [0.05, 0.1) is 17.3 Å². The van der Waals surface area contributed by atoms with Crippen molar-refractivity contribution in [3.8, 4) is 11.5 Å². The molecule has 1 aliphatic heterocycles. The number of imide groups is 1. The van der Waals surface area contributed by atoms with Crippen molar-refractivity contribution in [3.63, 3.8) is 0 Å². The van der Waals surface area contributed by atoms with Gasteiger partial charge in [-0.1, -0.05) is 12.7 Å². The molecular weight excluding hydrogens is 467 g/mol. The predicted octanol–water partition coefficient (Wildman–Crippen LogP) is 2.32. The zero-order chi connectivity index (χ0) is 20.0. The van der Waals surface area contributed by atoms with E-state index in [1.54, 1.807) is 18.2 Å². The van der Waals surface area contributed by atoms with Crippen molar-refractivity contribution in [2.24, 2.45) is 0 Å². The van der Waals surface area contributed by atoms with E-state index in [-0.39, 0.29) is 5.70 Å². The molecule has 0 aromatic heterocycles. The molecule has 1 heterocycles. The number of hydrogen-bond donors (Lipinski definition) is 1. The average Bonchev–Trinajstić information content (AvgIpc) is 2.88. The van der Waals surface area contributed by atoms with Crippen LogP contribution in [-0.4, -0.2) is 49.7 Å². The summed E-state index contributed by atoms with van der Waals surface area (Å²) in [4.78, 5) is 36.4. The van der Waals surface area contributed by atoms with E-state index in [1.807, 2.05) is 6.92 Å². The first-order chi connectivity index (χ1) is 12.9. The molecule has 1 fully saturated rings. The Hall–Kier alpha value is -2.56. The van der Waals surface area contributed by atoms with E-state index < -0.39 is 24.5 Å². The Morgan fingerprint density at radius 1 is 1.33 bits per heavy atom. The average molecular weight is 486 g/mol. The number of nitrogens with zero attached hydrogens (tertiary/aromatic N) is 1. The molecule has 0 spiro atoms. The molecule has 1 N–H and O–H groups in total. The van der Waals surface area contributed by atoms with Gasteiger partial charge in [0.15, 0.2) is 11.5 Å². The van der Waals surface area contributed by atoms with Crippen LogP contribution in [0, 0.1) is 3.57 Å². The number of nitrogens with one attached hydrogen (secondary N) is 1. The lowest BCUT2D eigenvalue weighted by Gasteiger charge is -2.14. The van der Waals surface area contributed by atoms with Crippen molar-refractivity contribution in [1.29, 1.82) is 0 Å². The largest absolute Gasteiger partial charge is 0.490 e. The molecule has 2 rings (SSSR count). The Balaban J connectivity index is 2.32. The molecule has 0 atom stereocenters. The highest BCUT2D eigenvalue weighted by Gasteiger charge is 2.35. The second-order valence-electron chi connectivity index (χ2n) is 5.32. The van der Waals surface area contributed by atoms with Crippen LogP contribution in [0.2, 0.25) is 0 Å². The van der Waals surface area contributed by atoms with Crippen LogP contribution in [0.25, 0.3) is 6.08 Å². The summed E-state index contributed by atoms with van der Waals surface area (Å²) in [5.41, 5.74) is 0.694. The summed E-state index contributed by atoms with van der Waals surface area (Å²) in [6.45, 7) is 5.78. The highest BCUT2D eigenvalue weighted by atomic mass is 127. The lowest BCUT2D eigenvalue weighted by Crippen LogP contribution is -2.36. The molecule has 1 aromatic carbocycles. The summed E-state index contributed by atoms with van der Waals surface area (Å²) in [5.74, 6) is -0.197. The van der Waals surface area contributed by atoms with Crippen molar-refractivity contribution in [3.05, 3.63) is 39.6 Å². The fourth-order valence-corrected chi connectivity index (χ4v) is 3.07. The molecule has 3 amide bonds. The molecular formula is C18H19IN2O6. The molecule has 1 aliphatic rings. The van der Waals surface area contributed by atoms with E-state index in [1.165, 1.54) is 13.2 Å². The molecule has 8 nitrogen and oxygen atoms in total. The third kappa shape index (κ3) is 5.00. The number of esters is 1. The zero-order valence-electron chi connectivity index (χ0n) is 14.9. The number of carbonyl (C=O) groups excluding carboxylic acids is 3. The van der Waals surface area contributed by atoms with Crippen molar-refractivity contribution in [2.45, 2.75) is 6.92 Å². The van der Waals surface area contributed by atoms with E-state index in [2.05, 4.69) is 39.2 Å². The lowest BCUT2D eigenvalue weighted by molar-refractivity contribution is -0.143. The second-order valence-corrected chi connectivity index (χ2v) is 6.48. The molecule has 1 aromatic rings. The molecule has 0 radical (unpaired) electrons. The molecule has 0 saturated carbocycles. The Labute approximate surface area is 170 Å². The fraction of sp³-hybridized carbons (Fsp3) is 0.278. The van der Waals surface area contributed by atoms with Crippen LogP contribution in [0.5, 0.6) is 11.5 Å². The van der Waals surface area contributed by atoms with Crippen LogP contribution in [-0.2, 0) is 14.3 Å². The standard InChI is InChI=1S/C18H19IN2O6/c1-4-6-27-16-12(19)7-11(9-14(16)26-5-2)8-13-17(23)21(18(24)20-13)10-15(22)25-3/h4,7-9H,1,5-6,10H2,2-3H3,(H,20,24)/b13-8+. The number of amides is 3. The highest BCUT2D eigenvalue weighted by Crippen LogP contribution is 2.35. The van der Waals surface area contributed by atoms with Crippen LogP contribution in [0.4, 0.5) is 4.79 Å². The minimum absolute atomic E-state index is 0.0573. The Bertz CT molecular complexity index is 805. The summed E-state index contributed by atoms with van der Waals surface area (Å²) >= 11 is 2.10. The smallest absolute Gasteiger partial charge is 0.329 e. The van der Waals surface area contributed by atoms with Crippen molar-refractivity contribution in [1.82, 2.24) is 10.2 Å². The van der Waals surface area contributed by atoms with Gasteiger partial charge in [0.25, 0.3) is 5.91 Å². The first kappa shape index (κ1) is 20.7. The number of hydrogen-bond acceptors (Lipinski definition) is 6. The Morgan fingerprint density at radius 3 is 2.70 bits per heavy atom. The molecule has 144 valence electrons. The van der Waals surface area contributed by atoms with Crippen LogP contribution in [0.1, 0.15) is 12.5 Å². The van der Waals surface area contributed by atoms with Gasteiger partial charge < -0.3 is 19.5 Å². The SMILES string of the molecule is C=CCOc1c(I)cc(/C=C2/NC(=O)N(CC(=O)OC)C2=O)cc1OCC. The Kier molecular flexibility index (Phi) is 7.22. The predicted molar refractivity (Wildman–Crippen MR) is 106 cm³/mol. The number of urea groups is 1. The number of rotatable bonds is 8. The van der Waals surface area contributed by atoms with Crippen LogP contribution < -0.4 is 14.8 Å². The molecule has 27 heavy (non-hydrogen) atoms. The first-order valence-electron chi connectivity index (χ1n) is 8.02. The third-order valence-corrected chi connectivity index (χ3v) is 4.27.